The third-order valence-corrected chi connectivity index (χ3v) is 1.73. The molecule has 0 aromatic carbocycles. The molecule has 0 saturated heterocycles. The van der Waals surface area contributed by atoms with Crippen molar-refractivity contribution in [1.29, 1.82) is 0 Å². The fourth-order valence-corrected chi connectivity index (χ4v) is 1.08. The van der Waals surface area contributed by atoms with Gasteiger partial charge in [-0.05, 0) is 0 Å². The summed E-state index contributed by atoms with van der Waals surface area (Å²) in [6.07, 6.45) is 0. The van der Waals surface area contributed by atoms with Crippen molar-refractivity contribution in [3.8, 4) is 5.88 Å². The molecule has 2 rings (SSSR count). The SMILES string of the molecule is Nc1c(N)n(O)c2c(O)[n+]([O-])oc12. The molecule has 0 unspecified atom stereocenters. The summed E-state index contributed by atoms with van der Waals surface area (Å²) in [4.78, 5) is -0.173. The van der Waals surface area contributed by atoms with E-state index < -0.39 is 5.88 Å². The van der Waals surface area contributed by atoms with Crippen LogP contribution in [0.25, 0.3) is 11.1 Å². The Kier molecular flexibility index (Phi) is 1.09. The zero-order valence-electron chi connectivity index (χ0n) is 6.26. The number of anilines is 2. The predicted octanol–water partition coefficient (Wildman–Crippen LogP) is -1.03. The van der Waals surface area contributed by atoms with Crippen LogP contribution in [0.2, 0.25) is 0 Å². The van der Waals surface area contributed by atoms with Crippen molar-refractivity contribution < 1.29 is 19.7 Å². The van der Waals surface area contributed by atoms with Gasteiger partial charge in [-0.25, -0.2) is 0 Å². The number of aromatic hydroxyl groups is 1. The molecule has 8 heteroatoms. The maximum atomic E-state index is 10.7. The van der Waals surface area contributed by atoms with E-state index in [9.17, 15) is 10.4 Å². The average molecular weight is 186 g/mol. The van der Waals surface area contributed by atoms with E-state index >= 15 is 0 Å². The topological polar surface area (TPSA) is 138 Å². The lowest BCUT2D eigenvalue weighted by molar-refractivity contribution is -0.791. The Bertz CT molecular complexity index is 484. The van der Waals surface area contributed by atoms with Gasteiger partial charge in [0.1, 0.15) is 5.58 Å². The Morgan fingerprint density at radius 2 is 2.08 bits per heavy atom. The quantitative estimate of drug-likeness (QED) is 0.306. The van der Waals surface area contributed by atoms with Gasteiger partial charge in [-0.1, -0.05) is 0 Å². The first-order valence-corrected chi connectivity index (χ1v) is 3.24. The predicted molar refractivity (Wildman–Crippen MR) is 40.8 cm³/mol. The monoisotopic (exact) mass is 186 g/mol. The maximum Gasteiger partial charge on any atom is 0.453 e. The summed E-state index contributed by atoms with van der Waals surface area (Å²) in [6.45, 7) is 0. The maximum absolute atomic E-state index is 10.7. The highest BCUT2D eigenvalue weighted by Gasteiger charge is 2.25. The fraction of sp³-hybridized carbons (Fsp3) is 0. The van der Waals surface area contributed by atoms with Crippen molar-refractivity contribution in [2.24, 2.45) is 0 Å². The van der Waals surface area contributed by atoms with E-state index in [4.69, 9.17) is 16.6 Å². The summed E-state index contributed by atoms with van der Waals surface area (Å²) < 4.78 is 4.84. The van der Waals surface area contributed by atoms with Crippen LogP contribution in [0.15, 0.2) is 4.52 Å². The van der Waals surface area contributed by atoms with Crippen LogP contribution in [0.3, 0.4) is 0 Å². The van der Waals surface area contributed by atoms with Gasteiger partial charge in [0.2, 0.25) is 5.52 Å². The van der Waals surface area contributed by atoms with Gasteiger partial charge in [-0.15, -0.1) is 0 Å². The molecule has 13 heavy (non-hydrogen) atoms. The number of nitrogens with two attached hydrogens (primary N) is 2. The van der Waals surface area contributed by atoms with Crippen LogP contribution in [-0.2, 0) is 0 Å². The molecule has 0 radical (unpaired) electrons. The van der Waals surface area contributed by atoms with Crippen molar-refractivity contribution in [1.82, 2.24) is 4.73 Å². The van der Waals surface area contributed by atoms with E-state index in [0.29, 0.717) is 4.73 Å². The Hall–Kier alpha value is -2.25. The molecule has 0 aliphatic rings. The summed E-state index contributed by atoms with van der Waals surface area (Å²) in [5, 5.41) is 29.0. The second-order valence-electron chi connectivity index (χ2n) is 2.46. The van der Waals surface area contributed by atoms with Crippen LogP contribution in [-0.4, -0.2) is 15.0 Å². The van der Waals surface area contributed by atoms with E-state index in [1.807, 2.05) is 0 Å². The highest BCUT2D eigenvalue weighted by Crippen LogP contribution is 2.33. The smallest absolute Gasteiger partial charge is 0.453 e. The molecule has 8 nitrogen and oxygen atoms in total. The molecule has 0 atom stereocenters. The third kappa shape index (κ3) is 0.662. The Morgan fingerprint density at radius 3 is 2.62 bits per heavy atom. The summed E-state index contributed by atoms with van der Waals surface area (Å²) in [6, 6.07) is 0. The Balaban J connectivity index is 3.01. The first-order valence-electron chi connectivity index (χ1n) is 3.24. The molecule has 0 bridgehead atoms. The highest BCUT2D eigenvalue weighted by molar-refractivity contribution is 5.95. The van der Waals surface area contributed by atoms with Crippen LogP contribution < -0.4 is 16.4 Å². The van der Waals surface area contributed by atoms with Crippen molar-refractivity contribution in [2.45, 2.75) is 0 Å². The van der Waals surface area contributed by atoms with Crippen molar-refractivity contribution in [3.63, 3.8) is 0 Å². The van der Waals surface area contributed by atoms with Gasteiger partial charge in [0.15, 0.2) is 5.82 Å². The van der Waals surface area contributed by atoms with E-state index in [1.54, 1.807) is 0 Å². The zero-order valence-corrected chi connectivity index (χ0v) is 6.26. The molecule has 6 N–H and O–H groups in total. The minimum absolute atomic E-state index is 0.0950. The van der Waals surface area contributed by atoms with E-state index in [1.165, 1.54) is 0 Å². The molecule has 0 aliphatic carbocycles. The first kappa shape index (κ1) is 7.40. The van der Waals surface area contributed by atoms with Gasteiger partial charge in [0.25, 0.3) is 0 Å². The van der Waals surface area contributed by atoms with E-state index in [0.717, 1.165) is 0 Å². The molecular formula is C5H6N4O4. The lowest BCUT2D eigenvalue weighted by Crippen LogP contribution is -2.22. The molecular weight excluding hydrogens is 180 g/mol. The number of rotatable bonds is 0. The molecule has 0 aliphatic heterocycles. The summed E-state index contributed by atoms with van der Waals surface area (Å²) in [5.41, 5.74) is 10.2. The third-order valence-electron chi connectivity index (χ3n) is 1.73. The lowest BCUT2D eigenvalue weighted by atomic mass is 10.4. The molecule has 2 heterocycles. The van der Waals surface area contributed by atoms with Gasteiger partial charge in [-0.3, -0.25) is 5.21 Å². The van der Waals surface area contributed by atoms with Crippen LogP contribution in [0, 0.1) is 5.21 Å². The molecule has 2 aromatic heterocycles. The number of hydrogen-bond donors (Lipinski definition) is 4. The molecule has 0 fully saturated rings. The van der Waals surface area contributed by atoms with E-state index in [2.05, 4.69) is 4.52 Å². The largest absolute Gasteiger partial charge is 0.454 e. The normalized spacial score (nSPS) is 11.1. The van der Waals surface area contributed by atoms with Gasteiger partial charge in [0.05, 0.1) is 10.6 Å². The summed E-state index contributed by atoms with van der Waals surface area (Å²) in [5.74, 6) is -0.981. The number of hydrogen-bond acceptors (Lipinski definition) is 6. The standard InChI is InChI=1S/C5H6N4O4/c6-1-3-2(8(11)4(1)7)5(10)9(12)13-3/h10-11H,6-7H2. The number of nitrogen functional groups attached to an aromatic ring is 2. The molecule has 70 valence electrons. The Morgan fingerprint density at radius 1 is 1.46 bits per heavy atom. The minimum atomic E-state index is -0.791. The molecule has 0 saturated carbocycles. The van der Waals surface area contributed by atoms with Crippen LogP contribution in [0.1, 0.15) is 0 Å². The minimum Gasteiger partial charge on any atom is -0.454 e. The van der Waals surface area contributed by atoms with E-state index in [-0.39, 0.29) is 27.5 Å². The average Bonchev–Trinajstić information content (AvgIpc) is 2.48. The Labute approximate surface area is 70.7 Å². The highest BCUT2D eigenvalue weighted by atomic mass is 16.7. The lowest BCUT2D eigenvalue weighted by Gasteiger charge is -1.94. The molecule has 0 spiro atoms. The molecule has 2 aromatic rings. The van der Waals surface area contributed by atoms with Crippen molar-refractivity contribution in [3.05, 3.63) is 5.21 Å². The van der Waals surface area contributed by atoms with Crippen LogP contribution in [0.4, 0.5) is 11.5 Å². The van der Waals surface area contributed by atoms with Gasteiger partial charge >= 0.3 is 5.88 Å². The molecule has 0 amide bonds. The fourth-order valence-electron chi connectivity index (χ4n) is 1.08. The van der Waals surface area contributed by atoms with Gasteiger partial charge < -0.3 is 26.3 Å². The first-order chi connectivity index (χ1) is 6.04. The van der Waals surface area contributed by atoms with Crippen LogP contribution in [0.5, 0.6) is 5.88 Å². The number of nitrogens with zero attached hydrogens (tertiary/aromatic N) is 2. The summed E-state index contributed by atoms with van der Waals surface area (Å²) >= 11 is 0. The van der Waals surface area contributed by atoms with Crippen molar-refractivity contribution in [2.75, 3.05) is 11.5 Å². The van der Waals surface area contributed by atoms with Crippen molar-refractivity contribution >= 4 is 22.6 Å². The zero-order chi connectivity index (χ0) is 9.75. The second kappa shape index (κ2) is 1.91. The summed E-state index contributed by atoms with van der Waals surface area (Å²) in [7, 11) is 0. The van der Waals surface area contributed by atoms with Gasteiger partial charge in [-0.2, -0.15) is 4.73 Å². The van der Waals surface area contributed by atoms with Gasteiger partial charge in [0, 0.05) is 0 Å². The number of fused-ring (bicyclic) bond motifs is 1. The second-order valence-corrected chi connectivity index (χ2v) is 2.46. The van der Waals surface area contributed by atoms with Crippen LogP contribution >= 0.6 is 0 Å². The number of aromatic nitrogens is 2.